The predicted octanol–water partition coefficient (Wildman–Crippen LogP) is 6.71. The first-order chi connectivity index (χ1) is 21.5. The van der Waals surface area contributed by atoms with Crippen LogP contribution in [0.3, 0.4) is 0 Å². The molecule has 0 saturated carbocycles. The third-order valence-corrected chi connectivity index (χ3v) is 7.93. The smallest absolute Gasteiger partial charge is 0.325 e. The summed E-state index contributed by atoms with van der Waals surface area (Å²) in [5, 5.41) is 9.99. The molecule has 3 aromatic heterocycles. The molecule has 1 amide bonds. The number of aromatic nitrogens is 6. The summed E-state index contributed by atoms with van der Waals surface area (Å²) >= 11 is 6.22. The molecule has 230 valence electrons. The zero-order valence-corrected chi connectivity index (χ0v) is 24.3. The van der Waals surface area contributed by atoms with Crippen LogP contribution < -0.4 is 10.9 Å². The third-order valence-electron chi connectivity index (χ3n) is 7.69. The standard InChI is InChI=1S/C31H24ClF4N7O2/c1-17-3-2-4-26(19-9-18(13-37-14-19)22-11-21(33)6-7-24(22)39-30(17)45)42-16-38-25(12-29(42)44)23-10-20(32)5-8-27(23)43-15-28(40-41-43)31(34,35)36/h5-17,26H,2-4H2,1H3,(H,39,45). The van der Waals surface area contributed by atoms with Crippen LogP contribution in [0.15, 0.2) is 78.2 Å². The van der Waals surface area contributed by atoms with Gasteiger partial charge in [0, 0.05) is 51.8 Å². The highest BCUT2D eigenvalue weighted by atomic mass is 35.5. The molecule has 0 aliphatic carbocycles. The number of alkyl halides is 3. The summed E-state index contributed by atoms with van der Waals surface area (Å²) in [7, 11) is 0. The molecule has 0 fully saturated rings. The van der Waals surface area contributed by atoms with Gasteiger partial charge in [0.05, 0.1) is 29.9 Å². The van der Waals surface area contributed by atoms with Crippen LogP contribution in [0.1, 0.15) is 43.5 Å². The SMILES string of the molecule is CC1CCCC(n2cnc(-c3cc(Cl)ccc3-n3cc(C(F)(F)F)nn3)cc2=O)c2cncc(c2)-c2cc(F)ccc2NC1=O. The molecule has 1 aliphatic heterocycles. The molecule has 6 rings (SSSR count). The van der Waals surface area contributed by atoms with Crippen molar-refractivity contribution in [3.8, 4) is 28.1 Å². The van der Waals surface area contributed by atoms with E-state index >= 15 is 0 Å². The van der Waals surface area contributed by atoms with Crippen molar-refractivity contribution in [1.29, 1.82) is 0 Å². The van der Waals surface area contributed by atoms with Crippen LogP contribution in [0.5, 0.6) is 0 Å². The van der Waals surface area contributed by atoms with E-state index in [1.807, 2.05) is 0 Å². The van der Waals surface area contributed by atoms with Crippen LogP contribution in [0, 0.1) is 11.7 Å². The van der Waals surface area contributed by atoms with E-state index in [0.717, 1.165) is 10.9 Å². The second kappa shape index (κ2) is 11.9. The van der Waals surface area contributed by atoms with Gasteiger partial charge in [-0.05, 0) is 60.9 Å². The Balaban J connectivity index is 1.42. The molecule has 2 bridgehead atoms. The molecule has 2 atom stereocenters. The van der Waals surface area contributed by atoms with Crippen LogP contribution in [-0.2, 0) is 11.0 Å². The van der Waals surface area contributed by atoms with E-state index in [2.05, 4.69) is 25.6 Å². The number of halogens is 5. The average Bonchev–Trinajstić information content (AvgIpc) is 3.51. The van der Waals surface area contributed by atoms with Crippen molar-refractivity contribution < 1.29 is 22.4 Å². The highest BCUT2D eigenvalue weighted by Crippen LogP contribution is 2.35. The fourth-order valence-electron chi connectivity index (χ4n) is 5.34. The summed E-state index contributed by atoms with van der Waals surface area (Å²) in [5.41, 5.74) is 1.10. The summed E-state index contributed by atoms with van der Waals surface area (Å²) in [6, 6.07) is 11.0. The fourth-order valence-corrected chi connectivity index (χ4v) is 5.51. The Kier molecular flexibility index (Phi) is 7.96. The lowest BCUT2D eigenvalue weighted by atomic mass is 9.94. The highest BCUT2D eigenvalue weighted by Gasteiger charge is 2.35. The van der Waals surface area contributed by atoms with Gasteiger partial charge in [-0.3, -0.25) is 19.1 Å². The molecule has 0 saturated heterocycles. The first-order valence-corrected chi connectivity index (χ1v) is 14.3. The first kappa shape index (κ1) is 30.1. The second-order valence-electron chi connectivity index (χ2n) is 10.8. The van der Waals surface area contributed by atoms with Crippen LogP contribution in [0.2, 0.25) is 5.02 Å². The lowest BCUT2D eigenvalue weighted by Gasteiger charge is -2.23. The molecule has 1 aliphatic rings. The van der Waals surface area contributed by atoms with E-state index in [9.17, 15) is 27.2 Å². The average molecular weight is 638 g/mol. The van der Waals surface area contributed by atoms with Crippen LogP contribution in [-0.4, -0.2) is 35.4 Å². The molecule has 9 nitrogen and oxygen atoms in total. The Labute approximate surface area is 258 Å². The molecular weight excluding hydrogens is 614 g/mol. The minimum Gasteiger partial charge on any atom is -0.325 e. The number of benzene rings is 2. The zero-order chi connectivity index (χ0) is 31.9. The highest BCUT2D eigenvalue weighted by molar-refractivity contribution is 6.31. The van der Waals surface area contributed by atoms with Gasteiger partial charge in [0.2, 0.25) is 5.91 Å². The van der Waals surface area contributed by atoms with Crippen molar-refractivity contribution in [2.45, 2.75) is 38.4 Å². The summed E-state index contributed by atoms with van der Waals surface area (Å²) in [6.45, 7) is 1.80. The quantitative estimate of drug-likeness (QED) is 0.220. The van der Waals surface area contributed by atoms with Crippen molar-refractivity contribution in [3.63, 3.8) is 0 Å². The van der Waals surface area contributed by atoms with Crippen molar-refractivity contribution in [3.05, 3.63) is 106 Å². The van der Waals surface area contributed by atoms with Gasteiger partial charge in [0.25, 0.3) is 5.56 Å². The summed E-state index contributed by atoms with van der Waals surface area (Å²) in [5.74, 6) is -1.05. The Morgan fingerprint density at radius 3 is 2.58 bits per heavy atom. The van der Waals surface area contributed by atoms with E-state index < -0.39 is 29.3 Å². The first-order valence-electron chi connectivity index (χ1n) is 13.9. The van der Waals surface area contributed by atoms with E-state index in [0.29, 0.717) is 41.6 Å². The van der Waals surface area contributed by atoms with Gasteiger partial charge in [-0.2, -0.15) is 13.2 Å². The van der Waals surface area contributed by atoms with Gasteiger partial charge in [0.1, 0.15) is 5.82 Å². The Bertz CT molecular complexity index is 1970. The number of rotatable bonds is 3. The van der Waals surface area contributed by atoms with E-state index in [1.54, 1.807) is 25.4 Å². The molecule has 4 heterocycles. The summed E-state index contributed by atoms with van der Waals surface area (Å²) in [6.07, 6.45) is 2.15. The molecular formula is C31H24ClF4N7O2. The minimum atomic E-state index is -4.69. The van der Waals surface area contributed by atoms with Gasteiger partial charge in [-0.15, -0.1) is 5.10 Å². The molecule has 0 spiro atoms. The molecule has 1 N–H and O–H groups in total. The van der Waals surface area contributed by atoms with Crippen molar-refractivity contribution >= 4 is 23.2 Å². The number of fused-ring (bicyclic) bond motifs is 4. The van der Waals surface area contributed by atoms with Gasteiger partial charge in [0.15, 0.2) is 5.69 Å². The number of hydrogen-bond acceptors (Lipinski definition) is 6. The maximum Gasteiger partial charge on any atom is 0.436 e. The zero-order valence-electron chi connectivity index (χ0n) is 23.6. The van der Waals surface area contributed by atoms with Gasteiger partial charge >= 0.3 is 6.18 Å². The normalized spacial score (nSPS) is 17.2. The van der Waals surface area contributed by atoms with Crippen molar-refractivity contribution in [2.24, 2.45) is 5.92 Å². The number of hydrogen-bond donors (Lipinski definition) is 1. The minimum absolute atomic E-state index is 0.160. The lowest BCUT2D eigenvalue weighted by molar-refractivity contribution is -0.141. The molecule has 2 aromatic carbocycles. The maximum atomic E-state index is 14.3. The molecule has 45 heavy (non-hydrogen) atoms. The van der Waals surface area contributed by atoms with Crippen molar-refractivity contribution in [2.75, 3.05) is 5.32 Å². The van der Waals surface area contributed by atoms with Crippen LogP contribution in [0.4, 0.5) is 23.2 Å². The lowest BCUT2D eigenvalue weighted by Crippen LogP contribution is -2.26. The molecule has 5 aromatic rings. The largest absolute Gasteiger partial charge is 0.436 e. The predicted molar refractivity (Wildman–Crippen MR) is 158 cm³/mol. The summed E-state index contributed by atoms with van der Waals surface area (Å²) < 4.78 is 56.3. The van der Waals surface area contributed by atoms with Crippen LogP contribution >= 0.6 is 11.6 Å². The van der Waals surface area contributed by atoms with E-state index in [1.165, 1.54) is 53.4 Å². The molecule has 14 heteroatoms. The van der Waals surface area contributed by atoms with Crippen molar-refractivity contribution in [1.82, 2.24) is 29.5 Å². The topological polar surface area (TPSA) is 108 Å². The van der Waals surface area contributed by atoms with Gasteiger partial charge < -0.3 is 5.32 Å². The number of anilines is 1. The number of carbonyl (C=O) groups is 1. The summed E-state index contributed by atoms with van der Waals surface area (Å²) in [4.78, 5) is 35.5. The van der Waals surface area contributed by atoms with Gasteiger partial charge in [-0.25, -0.2) is 14.1 Å². The monoisotopic (exact) mass is 637 g/mol. The van der Waals surface area contributed by atoms with E-state index in [4.69, 9.17) is 11.6 Å². The number of amides is 1. The number of pyridine rings is 1. The molecule has 0 radical (unpaired) electrons. The van der Waals surface area contributed by atoms with Gasteiger partial charge in [-0.1, -0.05) is 30.2 Å². The number of nitrogens with one attached hydrogen (secondary N) is 1. The molecule has 2 unspecified atom stereocenters. The fraction of sp³-hybridized carbons (Fsp3) is 0.226. The third kappa shape index (κ3) is 6.21. The number of nitrogens with zero attached hydrogens (tertiary/aromatic N) is 6. The maximum absolute atomic E-state index is 14.3. The number of carbonyl (C=O) groups excluding carboxylic acids is 1. The van der Waals surface area contributed by atoms with Crippen LogP contribution in [0.25, 0.3) is 28.1 Å². The Morgan fingerprint density at radius 1 is 1.00 bits per heavy atom. The second-order valence-corrected chi connectivity index (χ2v) is 11.2. The van der Waals surface area contributed by atoms with E-state index in [-0.39, 0.29) is 33.8 Å². The Hall–Kier alpha value is -4.91. The Morgan fingerprint density at radius 2 is 1.82 bits per heavy atom.